The molecule has 3 aromatic carbocycles. The average molecular weight is 355 g/mol. The molecule has 0 aliphatic carbocycles. The number of aromatic nitrogens is 2. The van der Waals surface area contributed by atoms with Crippen molar-refractivity contribution in [3.63, 3.8) is 0 Å². The van der Waals surface area contributed by atoms with Crippen LogP contribution in [-0.2, 0) is 11.3 Å². The lowest BCUT2D eigenvalue weighted by atomic mass is 10.1. The summed E-state index contributed by atoms with van der Waals surface area (Å²) in [5.74, 6) is -0.0387. The van der Waals surface area contributed by atoms with E-state index >= 15 is 0 Å². The Morgan fingerprint density at radius 2 is 1.78 bits per heavy atom. The molecular formula is C22H17N3O2. The molecule has 0 saturated carbocycles. The highest BCUT2D eigenvalue weighted by molar-refractivity contribution is 6.06. The summed E-state index contributed by atoms with van der Waals surface area (Å²) in [4.78, 5) is 16.7. The summed E-state index contributed by atoms with van der Waals surface area (Å²) in [6.45, 7) is 0.583. The maximum absolute atomic E-state index is 12.4. The van der Waals surface area contributed by atoms with E-state index in [2.05, 4.69) is 10.3 Å². The van der Waals surface area contributed by atoms with Gasteiger partial charge in [0.25, 0.3) is 0 Å². The third kappa shape index (κ3) is 2.83. The third-order valence-corrected chi connectivity index (χ3v) is 4.77. The molecule has 2 aromatic heterocycles. The van der Waals surface area contributed by atoms with Gasteiger partial charge in [0.15, 0.2) is 0 Å². The minimum absolute atomic E-state index is 0.0387. The van der Waals surface area contributed by atoms with Crippen molar-refractivity contribution in [3.8, 4) is 0 Å². The summed E-state index contributed by atoms with van der Waals surface area (Å²) >= 11 is 0. The zero-order chi connectivity index (χ0) is 18.2. The Kier molecular flexibility index (Phi) is 3.64. The molecule has 0 aliphatic rings. The van der Waals surface area contributed by atoms with E-state index in [9.17, 15) is 4.79 Å². The molecule has 5 rings (SSSR count). The predicted molar refractivity (Wildman–Crippen MR) is 107 cm³/mol. The SMILES string of the molecule is O=C(CCn1cnc2ccccc21)Nc1ccc2c(c1)oc1ccccc12. The van der Waals surface area contributed by atoms with Crippen LogP contribution in [0.5, 0.6) is 0 Å². The second-order valence-electron chi connectivity index (χ2n) is 6.53. The summed E-state index contributed by atoms with van der Waals surface area (Å²) < 4.78 is 7.88. The van der Waals surface area contributed by atoms with Crippen LogP contribution in [0.3, 0.4) is 0 Å². The molecule has 0 saturated heterocycles. The number of rotatable bonds is 4. The lowest BCUT2D eigenvalue weighted by molar-refractivity contribution is -0.116. The molecule has 0 bridgehead atoms. The quantitative estimate of drug-likeness (QED) is 0.495. The van der Waals surface area contributed by atoms with Gasteiger partial charge in [0.05, 0.1) is 17.4 Å². The van der Waals surface area contributed by atoms with Gasteiger partial charge in [-0.2, -0.15) is 0 Å². The summed E-state index contributed by atoms with van der Waals surface area (Å²) in [7, 11) is 0. The van der Waals surface area contributed by atoms with E-state index in [0.717, 1.165) is 38.7 Å². The van der Waals surface area contributed by atoms with Crippen LogP contribution < -0.4 is 5.32 Å². The van der Waals surface area contributed by atoms with Gasteiger partial charge in [-0.3, -0.25) is 4.79 Å². The van der Waals surface area contributed by atoms with E-state index in [0.29, 0.717) is 13.0 Å². The zero-order valence-electron chi connectivity index (χ0n) is 14.6. The van der Waals surface area contributed by atoms with Crippen molar-refractivity contribution in [1.29, 1.82) is 0 Å². The summed E-state index contributed by atoms with van der Waals surface area (Å²) in [5.41, 5.74) is 4.34. The van der Waals surface area contributed by atoms with Gasteiger partial charge in [-0.15, -0.1) is 0 Å². The van der Waals surface area contributed by atoms with Crippen LogP contribution in [-0.4, -0.2) is 15.5 Å². The Morgan fingerprint density at radius 1 is 0.963 bits per heavy atom. The number of hydrogen-bond acceptors (Lipinski definition) is 3. The number of fused-ring (bicyclic) bond motifs is 4. The standard InChI is InChI=1S/C22H17N3O2/c26-22(11-12-25-14-23-18-6-2-3-7-19(18)25)24-15-9-10-17-16-5-1-4-8-20(16)27-21(17)13-15/h1-10,13-14H,11-12H2,(H,24,26). The molecular weight excluding hydrogens is 338 g/mol. The molecule has 2 heterocycles. The maximum Gasteiger partial charge on any atom is 0.226 e. The molecule has 1 amide bonds. The van der Waals surface area contributed by atoms with E-state index in [1.165, 1.54) is 0 Å². The normalized spacial score (nSPS) is 11.4. The molecule has 0 unspecified atom stereocenters. The molecule has 132 valence electrons. The van der Waals surface area contributed by atoms with Crippen LogP contribution in [0.4, 0.5) is 5.69 Å². The smallest absolute Gasteiger partial charge is 0.226 e. The number of carbonyl (C=O) groups excluding carboxylic acids is 1. The molecule has 5 nitrogen and oxygen atoms in total. The minimum Gasteiger partial charge on any atom is -0.456 e. The first-order valence-electron chi connectivity index (χ1n) is 8.89. The number of amides is 1. The largest absolute Gasteiger partial charge is 0.456 e. The molecule has 5 heteroatoms. The number of furan rings is 1. The van der Waals surface area contributed by atoms with Gasteiger partial charge < -0.3 is 14.3 Å². The second-order valence-corrected chi connectivity index (χ2v) is 6.53. The number of nitrogens with zero attached hydrogens (tertiary/aromatic N) is 2. The second kappa shape index (κ2) is 6.29. The number of hydrogen-bond donors (Lipinski definition) is 1. The average Bonchev–Trinajstić information content (AvgIpc) is 3.27. The Morgan fingerprint density at radius 3 is 2.74 bits per heavy atom. The fraction of sp³-hybridized carbons (Fsp3) is 0.0909. The topological polar surface area (TPSA) is 60.1 Å². The molecule has 0 aliphatic heterocycles. The first kappa shape index (κ1) is 15.6. The van der Waals surface area contributed by atoms with Crippen LogP contribution in [0, 0.1) is 0 Å². The van der Waals surface area contributed by atoms with Crippen LogP contribution in [0.25, 0.3) is 33.0 Å². The highest BCUT2D eigenvalue weighted by atomic mass is 16.3. The fourth-order valence-electron chi connectivity index (χ4n) is 3.44. The Labute approximate surface area is 155 Å². The number of nitrogens with one attached hydrogen (secondary N) is 1. The first-order valence-corrected chi connectivity index (χ1v) is 8.89. The molecule has 0 spiro atoms. The van der Waals surface area contributed by atoms with Gasteiger partial charge in [-0.25, -0.2) is 4.98 Å². The van der Waals surface area contributed by atoms with Crippen LogP contribution in [0.1, 0.15) is 6.42 Å². The van der Waals surface area contributed by atoms with Crippen molar-refractivity contribution in [3.05, 3.63) is 73.1 Å². The molecule has 27 heavy (non-hydrogen) atoms. The van der Waals surface area contributed by atoms with Crippen molar-refractivity contribution in [2.75, 3.05) is 5.32 Å². The van der Waals surface area contributed by atoms with Crippen molar-refractivity contribution >= 4 is 44.6 Å². The fourth-order valence-corrected chi connectivity index (χ4v) is 3.44. The lowest BCUT2D eigenvalue weighted by Gasteiger charge is -2.06. The molecule has 0 fully saturated rings. The van der Waals surface area contributed by atoms with Crippen molar-refractivity contribution in [1.82, 2.24) is 9.55 Å². The van der Waals surface area contributed by atoms with Gasteiger partial charge in [0.1, 0.15) is 11.2 Å². The van der Waals surface area contributed by atoms with Crippen LogP contribution in [0.2, 0.25) is 0 Å². The molecule has 0 radical (unpaired) electrons. The van der Waals surface area contributed by atoms with Crippen molar-refractivity contribution in [2.45, 2.75) is 13.0 Å². The summed E-state index contributed by atoms with van der Waals surface area (Å²) in [6, 6.07) is 21.6. The highest BCUT2D eigenvalue weighted by Crippen LogP contribution is 2.30. The lowest BCUT2D eigenvalue weighted by Crippen LogP contribution is -2.14. The van der Waals surface area contributed by atoms with E-state index in [1.54, 1.807) is 6.33 Å². The van der Waals surface area contributed by atoms with Gasteiger partial charge in [-0.1, -0.05) is 30.3 Å². The number of benzene rings is 3. The van der Waals surface area contributed by atoms with E-state index in [1.807, 2.05) is 71.3 Å². The van der Waals surface area contributed by atoms with Crippen molar-refractivity contribution < 1.29 is 9.21 Å². The Balaban J connectivity index is 1.32. The predicted octanol–water partition coefficient (Wildman–Crippen LogP) is 4.96. The molecule has 0 atom stereocenters. The summed E-state index contributed by atoms with van der Waals surface area (Å²) in [5, 5.41) is 5.09. The number of aryl methyl sites for hydroxylation is 1. The van der Waals surface area contributed by atoms with Crippen molar-refractivity contribution in [2.24, 2.45) is 0 Å². The molecule has 5 aromatic rings. The third-order valence-electron chi connectivity index (χ3n) is 4.77. The van der Waals surface area contributed by atoms with E-state index < -0.39 is 0 Å². The Bertz CT molecular complexity index is 1280. The van der Waals surface area contributed by atoms with E-state index in [-0.39, 0.29) is 5.91 Å². The highest BCUT2D eigenvalue weighted by Gasteiger charge is 2.09. The number of anilines is 1. The number of imidazole rings is 1. The maximum atomic E-state index is 12.4. The minimum atomic E-state index is -0.0387. The zero-order valence-corrected chi connectivity index (χ0v) is 14.6. The van der Waals surface area contributed by atoms with Gasteiger partial charge in [0.2, 0.25) is 5.91 Å². The van der Waals surface area contributed by atoms with Gasteiger partial charge in [0, 0.05) is 35.5 Å². The number of carbonyl (C=O) groups is 1. The molecule has 1 N–H and O–H groups in total. The first-order chi connectivity index (χ1) is 13.3. The van der Waals surface area contributed by atoms with Gasteiger partial charge in [-0.05, 0) is 30.3 Å². The summed E-state index contributed by atoms with van der Waals surface area (Å²) in [6.07, 6.45) is 2.15. The van der Waals surface area contributed by atoms with E-state index in [4.69, 9.17) is 4.42 Å². The van der Waals surface area contributed by atoms with Gasteiger partial charge >= 0.3 is 0 Å². The monoisotopic (exact) mass is 355 g/mol. The van der Waals surface area contributed by atoms with Crippen LogP contribution in [0.15, 0.2) is 77.5 Å². The Hall–Kier alpha value is -3.60. The van der Waals surface area contributed by atoms with Crippen LogP contribution >= 0.6 is 0 Å². The number of para-hydroxylation sites is 3.